The van der Waals surface area contributed by atoms with Crippen molar-refractivity contribution in [2.24, 2.45) is 4.99 Å². The molecule has 0 atom stereocenters. The standard InChI is InChI=1S/C11H16N4O2/c1-14(2)9-13-11(10(7-12)8-16)15-3-5-17-6-4-15/h8-9H,3-6H2,1-2H3/b11-10-,13-9+. The molecule has 17 heavy (non-hydrogen) atoms. The summed E-state index contributed by atoms with van der Waals surface area (Å²) in [7, 11) is 3.65. The quantitative estimate of drug-likeness (QED) is 0.223. The molecule has 6 nitrogen and oxygen atoms in total. The Morgan fingerprint density at radius 3 is 2.59 bits per heavy atom. The van der Waals surface area contributed by atoms with Gasteiger partial charge in [-0.05, 0) is 0 Å². The van der Waals surface area contributed by atoms with Gasteiger partial charge in [-0.1, -0.05) is 0 Å². The molecule has 0 aromatic heterocycles. The summed E-state index contributed by atoms with van der Waals surface area (Å²) in [5.41, 5.74) is 0.0463. The fourth-order valence-corrected chi connectivity index (χ4v) is 1.40. The number of hydrogen-bond acceptors (Lipinski definition) is 5. The Hall–Kier alpha value is -1.87. The minimum atomic E-state index is 0.0463. The first-order valence-corrected chi connectivity index (χ1v) is 5.32. The Kier molecular flexibility index (Phi) is 5.17. The van der Waals surface area contributed by atoms with Gasteiger partial charge < -0.3 is 14.5 Å². The van der Waals surface area contributed by atoms with Crippen molar-refractivity contribution in [1.29, 1.82) is 5.26 Å². The number of nitrogens with zero attached hydrogens (tertiary/aromatic N) is 4. The Morgan fingerprint density at radius 2 is 2.12 bits per heavy atom. The maximum Gasteiger partial charge on any atom is 0.164 e. The van der Waals surface area contributed by atoms with Crippen molar-refractivity contribution in [1.82, 2.24) is 9.80 Å². The van der Waals surface area contributed by atoms with E-state index in [4.69, 9.17) is 10.00 Å². The molecular formula is C11H16N4O2. The summed E-state index contributed by atoms with van der Waals surface area (Å²) in [6, 6.07) is 1.87. The summed E-state index contributed by atoms with van der Waals surface area (Å²) >= 11 is 0. The van der Waals surface area contributed by atoms with Crippen LogP contribution in [0.3, 0.4) is 0 Å². The highest BCUT2D eigenvalue weighted by molar-refractivity contribution is 5.80. The first-order chi connectivity index (χ1) is 8.19. The van der Waals surface area contributed by atoms with Gasteiger partial charge in [0.15, 0.2) is 12.1 Å². The van der Waals surface area contributed by atoms with Gasteiger partial charge in [0.1, 0.15) is 11.6 Å². The number of carbonyl (C=O) groups excluding carboxylic acids is 1. The molecule has 0 unspecified atom stereocenters. The van der Waals surface area contributed by atoms with Crippen molar-refractivity contribution < 1.29 is 9.53 Å². The maximum absolute atomic E-state index is 10.8. The van der Waals surface area contributed by atoms with E-state index in [1.54, 1.807) is 11.2 Å². The van der Waals surface area contributed by atoms with Gasteiger partial charge >= 0.3 is 0 Å². The molecule has 1 saturated heterocycles. The van der Waals surface area contributed by atoms with Crippen molar-refractivity contribution in [3.05, 3.63) is 11.4 Å². The third kappa shape index (κ3) is 3.89. The van der Waals surface area contributed by atoms with Gasteiger partial charge in [-0.25, -0.2) is 4.99 Å². The van der Waals surface area contributed by atoms with E-state index < -0.39 is 0 Å². The molecule has 0 aliphatic carbocycles. The average Bonchev–Trinajstić information content (AvgIpc) is 2.35. The van der Waals surface area contributed by atoms with Crippen LogP contribution in [0.5, 0.6) is 0 Å². The number of allylic oxidation sites excluding steroid dienone is 1. The Morgan fingerprint density at radius 1 is 1.47 bits per heavy atom. The lowest BCUT2D eigenvalue weighted by molar-refractivity contribution is -0.104. The Bertz CT molecular complexity index is 362. The van der Waals surface area contributed by atoms with Gasteiger partial charge in [0, 0.05) is 27.2 Å². The first kappa shape index (κ1) is 13.2. The monoisotopic (exact) mass is 236 g/mol. The molecule has 0 radical (unpaired) electrons. The van der Waals surface area contributed by atoms with Crippen LogP contribution in [-0.2, 0) is 9.53 Å². The number of aliphatic imine (C=N–C) groups is 1. The summed E-state index contributed by atoms with van der Waals surface area (Å²) in [5, 5.41) is 8.91. The van der Waals surface area contributed by atoms with E-state index in [0.29, 0.717) is 38.4 Å². The van der Waals surface area contributed by atoms with Crippen molar-refractivity contribution >= 4 is 12.6 Å². The zero-order valence-electron chi connectivity index (χ0n) is 10.1. The van der Waals surface area contributed by atoms with Crippen LogP contribution in [0.25, 0.3) is 0 Å². The van der Waals surface area contributed by atoms with E-state index in [-0.39, 0.29) is 5.57 Å². The molecule has 0 bridgehead atoms. The van der Waals surface area contributed by atoms with E-state index in [9.17, 15) is 4.79 Å². The summed E-state index contributed by atoms with van der Waals surface area (Å²) < 4.78 is 5.22. The molecule has 0 aromatic rings. The van der Waals surface area contributed by atoms with E-state index >= 15 is 0 Å². The maximum atomic E-state index is 10.8. The van der Waals surface area contributed by atoms with E-state index in [2.05, 4.69) is 4.99 Å². The normalized spacial score (nSPS) is 17.6. The fourth-order valence-electron chi connectivity index (χ4n) is 1.40. The average molecular weight is 236 g/mol. The zero-order valence-corrected chi connectivity index (χ0v) is 10.1. The van der Waals surface area contributed by atoms with Crippen LogP contribution in [-0.4, -0.2) is 62.8 Å². The summed E-state index contributed by atoms with van der Waals surface area (Å²) in [6.45, 7) is 2.44. The summed E-state index contributed by atoms with van der Waals surface area (Å²) in [4.78, 5) is 18.7. The Balaban J connectivity index is 2.97. The Labute approximate surface area is 101 Å². The van der Waals surface area contributed by atoms with Gasteiger partial charge in [-0.2, -0.15) is 5.26 Å². The lowest BCUT2D eigenvalue weighted by Gasteiger charge is -2.29. The molecule has 1 rings (SSSR count). The number of ether oxygens (including phenoxy) is 1. The predicted octanol–water partition coefficient (Wildman–Crippen LogP) is -0.157. The second-order valence-corrected chi connectivity index (χ2v) is 3.77. The number of aldehydes is 1. The lowest BCUT2D eigenvalue weighted by atomic mass is 10.3. The summed E-state index contributed by atoms with van der Waals surface area (Å²) in [5.74, 6) is 0.416. The van der Waals surface area contributed by atoms with Crippen molar-refractivity contribution in [3.63, 3.8) is 0 Å². The highest BCUT2D eigenvalue weighted by Crippen LogP contribution is 2.12. The predicted molar refractivity (Wildman–Crippen MR) is 63.3 cm³/mol. The molecule has 6 heteroatoms. The second kappa shape index (κ2) is 6.66. The second-order valence-electron chi connectivity index (χ2n) is 3.77. The highest BCUT2D eigenvalue weighted by Gasteiger charge is 2.17. The zero-order chi connectivity index (χ0) is 12.7. The van der Waals surface area contributed by atoms with Crippen molar-refractivity contribution in [2.75, 3.05) is 40.4 Å². The van der Waals surface area contributed by atoms with Crippen LogP contribution in [0.15, 0.2) is 16.4 Å². The number of carbonyl (C=O) groups is 1. The van der Waals surface area contributed by atoms with E-state index in [1.165, 1.54) is 0 Å². The molecule has 0 amide bonds. The van der Waals surface area contributed by atoms with Crippen LogP contribution in [0, 0.1) is 11.3 Å². The van der Waals surface area contributed by atoms with Gasteiger partial charge in [-0.3, -0.25) is 4.79 Å². The molecule has 1 aliphatic rings. The topological polar surface area (TPSA) is 68.9 Å². The third-order valence-electron chi connectivity index (χ3n) is 2.20. The van der Waals surface area contributed by atoms with E-state index in [0.717, 1.165) is 0 Å². The molecule has 0 N–H and O–H groups in total. The fraction of sp³-hybridized carbons (Fsp3) is 0.545. The van der Waals surface area contributed by atoms with Gasteiger partial charge in [-0.15, -0.1) is 0 Å². The van der Waals surface area contributed by atoms with Crippen molar-refractivity contribution in [2.45, 2.75) is 0 Å². The van der Waals surface area contributed by atoms with Crippen LogP contribution < -0.4 is 0 Å². The SMILES string of the molecule is CN(C)/C=N/C(=C(\C#N)C=O)N1CCOCC1. The van der Waals surface area contributed by atoms with Crippen LogP contribution in [0.4, 0.5) is 0 Å². The molecule has 92 valence electrons. The molecule has 0 spiro atoms. The number of hydrogen-bond donors (Lipinski definition) is 0. The smallest absolute Gasteiger partial charge is 0.164 e. The van der Waals surface area contributed by atoms with Crippen molar-refractivity contribution in [3.8, 4) is 6.07 Å². The third-order valence-corrected chi connectivity index (χ3v) is 2.20. The summed E-state index contributed by atoms with van der Waals surface area (Å²) in [6.07, 6.45) is 2.11. The van der Waals surface area contributed by atoms with Crippen LogP contribution >= 0.6 is 0 Å². The molecular weight excluding hydrogens is 220 g/mol. The molecule has 1 heterocycles. The number of morpholine rings is 1. The van der Waals surface area contributed by atoms with Crippen LogP contribution in [0.1, 0.15) is 0 Å². The first-order valence-electron chi connectivity index (χ1n) is 5.32. The minimum Gasteiger partial charge on any atom is -0.378 e. The van der Waals surface area contributed by atoms with Gasteiger partial charge in [0.05, 0.1) is 19.6 Å². The molecule has 1 aliphatic heterocycles. The van der Waals surface area contributed by atoms with Crippen LogP contribution in [0.2, 0.25) is 0 Å². The minimum absolute atomic E-state index is 0.0463. The highest BCUT2D eigenvalue weighted by atomic mass is 16.5. The number of nitriles is 1. The lowest BCUT2D eigenvalue weighted by Crippen LogP contribution is -2.36. The van der Waals surface area contributed by atoms with Gasteiger partial charge in [0.25, 0.3) is 0 Å². The molecule has 0 saturated carbocycles. The number of rotatable bonds is 4. The largest absolute Gasteiger partial charge is 0.378 e. The van der Waals surface area contributed by atoms with Gasteiger partial charge in [0.2, 0.25) is 0 Å². The van der Waals surface area contributed by atoms with E-state index in [1.807, 2.05) is 25.1 Å². The molecule has 0 aromatic carbocycles. The molecule has 1 fully saturated rings.